The summed E-state index contributed by atoms with van der Waals surface area (Å²) >= 11 is 9.61. The van der Waals surface area contributed by atoms with Crippen LogP contribution in [0.25, 0.3) is 0 Å². The van der Waals surface area contributed by atoms with Crippen molar-refractivity contribution in [1.82, 2.24) is 5.32 Å². The van der Waals surface area contributed by atoms with Crippen molar-refractivity contribution >= 4 is 27.5 Å². The molecule has 106 valence electrons. The van der Waals surface area contributed by atoms with Crippen LogP contribution >= 0.6 is 27.5 Å². The Hall–Kier alpha value is -0.900. The number of benzene rings is 2. The van der Waals surface area contributed by atoms with Gasteiger partial charge in [0.05, 0.1) is 6.04 Å². The molecule has 1 N–H and O–H groups in total. The Bertz CT molecular complexity index is 551. The number of nitrogens with one attached hydrogen (secondary N) is 1. The molecule has 2 aromatic carbocycles. The van der Waals surface area contributed by atoms with Crippen LogP contribution in [0.15, 0.2) is 46.9 Å². The average molecular weight is 357 g/mol. The molecular weight excluding hydrogens is 341 g/mol. The summed E-state index contributed by atoms with van der Waals surface area (Å²) in [5.41, 5.74) is 1.50. The number of hydrogen-bond acceptors (Lipinski definition) is 1. The van der Waals surface area contributed by atoms with Crippen molar-refractivity contribution < 1.29 is 4.39 Å². The van der Waals surface area contributed by atoms with E-state index in [1.807, 2.05) is 24.3 Å². The predicted molar refractivity (Wildman–Crippen MR) is 85.7 cm³/mol. The van der Waals surface area contributed by atoms with Gasteiger partial charge in [-0.3, -0.25) is 0 Å². The Morgan fingerprint density at radius 3 is 2.50 bits per heavy atom. The minimum Gasteiger partial charge on any atom is -0.306 e. The zero-order valence-electron chi connectivity index (χ0n) is 11.2. The maximum absolute atomic E-state index is 14.2. The van der Waals surface area contributed by atoms with E-state index >= 15 is 0 Å². The van der Waals surface area contributed by atoms with Crippen LogP contribution in [0.4, 0.5) is 4.39 Å². The van der Waals surface area contributed by atoms with Crippen molar-refractivity contribution in [3.05, 3.63) is 68.9 Å². The van der Waals surface area contributed by atoms with Crippen molar-refractivity contribution in [2.24, 2.45) is 0 Å². The largest absolute Gasteiger partial charge is 0.306 e. The van der Waals surface area contributed by atoms with Crippen molar-refractivity contribution in [2.45, 2.75) is 19.4 Å². The lowest BCUT2D eigenvalue weighted by molar-refractivity contribution is 0.547. The number of hydrogen-bond donors (Lipinski definition) is 1. The third-order valence-electron chi connectivity index (χ3n) is 3.09. The highest BCUT2D eigenvalue weighted by Crippen LogP contribution is 2.31. The molecule has 1 unspecified atom stereocenters. The van der Waals surface area contributed by atoms with Crippen molar-refractivity contribution in [3.8, 4) is 0 Å². The molecule has 0 fully saturated rings. The first-order chi connectivity index (χ1) is 9.63. The summed E-state index contributed by atoms with van der Waals surface area (Å²) in [6, 6.07) is 12.4. The summed E-state index contributed by atoms with van der Waals surface area (Å²) in [6.07, 6.45) is 0.971. The predicted octanol–water partition coefficient (Wildman–Crippen LogP) is 5.33. The van der Waals surface area contributed by atoms with Gasteiger partial charge in [0.2, 0.25) is 0 Å². The summed E-state index contributed by atoms with van der Waals surface area (Å²) in [5.74, 6) is -0.283. The second-order valence-corrected chi connectivity index (χ2v) is 5.90. The monoisotopic (exact) mass is 355 g/mol. The molecule has 4 heteroatoms. The van der Waals surface area contributed by atoms with Crippen LogP contribution in [0.3, 0.4) is 0 Å². The van der Waals surface area contributed by atoms with Gasteiger partial charge in [0.25, 0.3) is 0 Å². The van der Waals surface area contributed by atoms with Gasteiger partial charge in [-0.15, -0.1) is 0 Å². The molecule has 1 nitrogen and oxygen atoms in total. The standard InChI is InChI=1S/C16H16BrClFN/c1-2-10-20-16(11-6-8-12(17)9-7-11)15-13(18)4-3-5-14(15)19/h3-9,16,20H,2,10H2,1H3. The molecule has 0 aliphatic heterocycles. The maximum Gasteiger partial charge on any atom is 0.129 e. The Morgan fingerprint density at radius 1 is 1.20 bits per heavy atom. The van der Waals surface area contributed by atoms with E-state index in [1.165, 1.54) is 6.07 Å². The van der Waals surface area contributed by atoms with Gasteiger partial charge in [-0.1, -0.05) is 52.7 Å². The van der Waals surface area contributed by atoms with Crippen LogP contribution in [-0.4, -0.2) is 6.54 Å². The molecule has 20 heavy (non-hydrogen) atoms. The highest BCUT2D eigenvalue weighted by Gasteiger charge is 2.20. The summed E-state index contributed by atoms with van der Waals surface area (Å²) in [5, 5.41) is 3.81. The molecule has 1 atom stereocenters. The molecule has 0 spiro atoms. The molecule has 0 radical (unpaired) electrons. The van der Waals surface area contributed by atoms with Crippen LogP contribution in [0, 0.1) is 5.82 Å². The summed E-state index contributed by atoms with van der Waals surface area (Å²) in [6.45, 7) is 2.87. The molecule has 0 amide bonds. The summed E-state index contributed by atoms with van der Waals surface area (Å²) in [7, 11) is 0. The van der Waals surface area contributed by atoms with Gasteiger partial charge in [0.15, 0.2) is 0 Å². The Balaban J connectivity index is 2.44. The Kier molecular flexibility index (Phi) is 5.58. The molecule has 0 bridgehead atoms. The van der Waals surface area contributed by atoms with Gasteiger partial charge in [0, 0.05) is 15.1 Å². The zero-order chi connectivity index (χ0) is 14.5. The highest BCUT2D eigenvalue weighted by molar-refractivity contribution is 9.10. The lowest BCUT2D eigenvalue weighted by Gasteiger charge is -2.21. The van der Waals surface area contributed by atoms with E-state index in [-0.39, 0.29) is 11.9 Å². The van der Waals surface area contributed by atoms with E-state index in [9.17, 15) is 4.39 Å². The van der Waals surface area contributed by atoms with E-state index in [0.29, 0.717) is 10.6 Å². The first-order valence-electron chi connectivity index (χ1n) is 6.56. The van der Waals surface area contributed by atoms with Gasteiger partial charge in [-0.25, -0.2) is 4.39 Å². The average Bonchev–Trinajstić information content (AvgIpc) is 2.43. The molecule has 2 aromatic rings. The molecule has 0 saturated heterocycles. The highest BCUT2D eigenvalue weighted by atomic mass is 79.9. The quantitative estimate of drug-likeness (QED) is 0.763. The van der Waals surface area contributed by atoms with Crippen LogP contribution < -0.4 is 5.32 Å². The molecule has 0 aromatic heterocycles. The second-order valence-electron chi connectivity index (χ2n) is 4.57. The molecule has 2 rings (SSSR count). The van der Waals surface area contributed by atoms with Crippen molar-refractivity contribution in [3.63, 3.8) is 0 Å². The lowest BCUT2D eigenvalue weighted by atomic mass is 9.98. The van der Waals surface area contributed by atoms with Gasteiger partial charge in [-0.05, 0) is 42.8 Å². The van der Waals surface area contributed by atoms with E-state index in [2.05, 4.69) is 28.2 Å². The van der Waals surface area contributed by atoms with E-state index in [4.69, 9.17) is 11.6 Å². The minimum absolute atomic E-state index is 0.239. The fourth-order valence-corrected chi connectivity index (χ4v) is 2.65. The topological polar surface area (TPSA) is 12.0 Å². The molecular formula is C16H16BrClFN. The van der Waals surface area contributed by atoms with E-state index in [1.54, 1.807) is 12.1 Å². The van der Waals surface area contributed by atoms with Crippen LogP contribution in [0.1, 0.15) is 30.5 Å². The number of halogens is 3. The zero-order valence-corrected chi connectivity index (χ0v) is 13.5. The van der Waals surface area contributed by atoms with Crippen LogP contribution in [-0.2, 0) is 0 Å². The normalized spacial score (nSPS) is 12.4. The fraction of sp³-hybridized carbons (Fsp3) is 0.250. The fourth-order valence-electron chi connectivity index (χ4n) is 2.12. The first-order valence-corrected chi connectivity index (χ1v) is 7.73. The molecule has 0 aliphatic rings. The van der Waals surface area contributed by atoms with E-state index in [0.717, 1.165) is 23.0 Å². The SMILES string of the molecule is CCCNC(c1ccc(Br)cc1)c1c(F)cccc1Cl. The minimum atomic E-state index is -0.283. The summed E-state index contributed by atoms with van der Waals surface area (Å²) < 4.78 is 15.2. The first kappa shape index (κ1) is 15.5. The van der Waals surface area contributed by atoms with Crippen molar-refractivity contribution in [1.29, 1.82) is 0 Å². The van der Waals surface area contributed by atoms with Gasteiger partial charge < -0.3 is 5.32 Å². The summed E-state index contributed by atoms with van der Waals surface area (Å²) in [4.78, 5) is 0. The molecule has 0 heterocycles. The second kappa shape index (κ2) is 7.21. The lowest BCUT2D eigenvalue weighted by Crippen LogP contribution is -2.24. The van der Waals surface area contributed by atoms with Crippen molar-refractivity contribution in [2.75, 3.05) is 6.54 Å². The van der Waals surface area contributed by atoms with Gasteiger partial charge in [0.1, 0.15) is 5.82 Å². The maximum atomic E-state index is 14.2. The number of rotatable bonds is 5. The Labute approximate surface area is 132 Å². The molecule has 0 aliphatic carbocycles. The van der Waals surface area contributed by atoms with Gasteiger partial charge in [-0.2, -0.15) is 0 Å². The van der Waals surface area contributed by atoms with Crippen LogP contribution in [0.5, 0.6) is 0 Å². The van der Waals surface area contributed by atoms with E-state index < -0.39 is 0 Å². The smallest absolute Gasteiger partial charge is 0.129 e. The van der Waals surface area contributed by atoms with Crippen LogP contribution in [0.2, 0.25) is 5.02 Å². The third kappa shape index (κ3) is 3.60. The third-order valence-corrected chi connectivity index (χ3v) is 3.95. The van der Waals surface area contributed by atoms with Gasteiger partial charge >= 0.3 is 0 Å². The molecule has 0 saturated carbocycles. The Morgan fingerprint density at radius 2 is 1.90 bits per heavy atom.